The summed E-state index contributed by atoms with van der Waals surface area (Å²) in [6.45, 7) is 6.36. The molecule has 2 atom stereocenters. The number of hydrogen-bond acceptors (Lipinski definition) is 5. The van der Waals surface area contributed by atoms with Crippen LogP contribution in [-0.4, -0.2) is 65.2 Å². The zero-order chi connectivity index (χ0) is 28.8. The van der Waals surface area contributed by atoms with E-state index in [2.05, 4.69) is 15.5 Å². The maximum Gasteiger partial charge on any atom is 0.322 e. The van der Waals surface area contributed by atoms with Gasteiger partial charge in [-0.2, -0.15) is 0 Å². The fourth-order valence-corrected chi connectivity index (χ4v) is 4.82. The fourth-order valence-electron chi connectivity index (χ4n) is 4.69. The molecule has 1 saturated heterocycles. The molecule has 0 saturated carbocycles. The Morgan fingerprint density at radius 2 is 1.82 bits per heavy atom. The molecule has 0 aliphatic carbocycles. The number of ether oxygens (including phenoxy) is 1. The van der Waals surface area contributed by atoms with E-state index < -0.39 is 23.8 Å². The number of nitrogens with one attached hydrogen (secondary N) is 2. The Labute approximate surface area is 237 Å². The number of methoxy groups -OCH3 is 1. The summed E-state index contributed by atoms with van der Waals surface area (Å²) in [6, 6.07) is 12.9. The number of amides is 3. The molecule has 40 heavy (non-hydrogen) atoms. The molecule has 4 rings (SSSR count). The van der Waals surface area contributed by atoms with Crippen molar-refractivity contribution in [2.75, 3.05) is 37.4 Å². The lowest BCUT2D eigenvalue weighted by Gasteiger charge is -2.24. The van der Waals surface area contributed by atoms with Gasteiger partial charge in [0.05, 0.1) is 17.5 Å². The maximum absolute atomic E-state index is 15.2. The fraction of sp³-hybridized carbons (Fsp3) is 0.345. The number of aromatic nitrogens is 1. The monoisotopic (exact) mass is 569 g/mol. The van der Waals surface area contributed by atoms with Gasteiger partial charge >= 0.3 is 6.03 Å². The minimum absolute atomic E-state index is 0.0555. The van der Waals surface area contributed by atoms with Gasteiger partial charge in [0.1, 0.15) is 11.9 Å². The van der Waals surface area contributed by atoms with Crippen molar-refractivity contribution >= 4 is 34.9 Å². The van der Waals surface area contributed by atoms with Crippen LogP contribution in [0.2, 0.25) is 5.02 Å². The van der Waals surface area contributed by atoms with Gasteiger partial charge in [-0.05, 0) is 55.6 Å². The summed E-state index contributed by atoms with van der Waals surface area (Å²) in [5, 5.41) is 5.88. The molecular weight excluding hydrogens is 537 g/mol. The van der Waals surface area contributed by atoms with Crippen LogP contribution in [0.3, 0.4) is 0 Å². The number of anilines is 2. The minimum atomic E-state index is -0.879. The number of hydrogen-bond donors (Lipinski definition) is 2. The molecule has 3 aromatic rings. The first-order chi connectivity index (χ1) is 19.2. The normalized spacial score (nSPS) is 16.8. The smallest absolute Gasteiger partial charge is 0.322 e. The molecule has 212 valence electrons. The van der Waals surface area contributed by atoms with Crippen LogP contribution in [0.15, 0.2) is 65.6 Å². The van der Waals surface area contributed by atoms with Crippen molar-refractivity contribution in [1.29, 1.82) is 0 Å². The maximum atomic E-state index is 15.2. The zero-order valence-electron chi connectivity index (χ0n) is 22.7. The topological polar surface area (TPSA) is 95.9 Å². The summed E-state index contributed by atoms with van der Waals surface area (Å²) in [5.74, 6) is -1.25. The number of rotatable bonds is 9. The Kier molecular flexibility index (Phi) is 9.57. The van der Waals surface area contributed by atoms with Crippen LogP contribution in [0.25, 0.3) is 5.69 Å². The van der Waals surface area contributed by atoms with E-state index in [1.165, 1.54) is 28.7 Å². The highest BCUT2D eigenvalue weighted by Gasteiger charge is 2.40. The first-order valence-electron chi connectivity index (χ1n) is 13.1. The number of nitrogens with zero attached hydrogens (tertiary/aromatic N) is 3. The molecule has 0 spiro atoms. The third-order valence-corrected chi connectivity index (χ3v) is 7.31. The molecule has 1 aromatic heterocycles. The van der Waals surface area contributed by atoms with Crippen molar-refractivity contribution in [3.8, 4) is 5.69 Å². The first-order valence-corrected chi connectivity index (χ1v) is 13.5. The van der Waals surface area contributed by atoms with Crippen LogP contribution < -0.4 is 16.2 Å². The summed E-state index contributed by atoms with van der Waals surface area (Å²) >= 11 is 5.91. The summed E-state index contributed by atoms with van der Waals surface area (Å²) in [4.78, 5) is 42.8. The predicted molar refractivity (Wildman–Crippen MR) is 154 cm³/mol. The Hall–Kier alpha value is -3.73. The molecule has 1 fully saturated rings. The van der Waals surface area contributed by atoms with Gasteiger partial charge in [0.15, 0.2) is 0 Å². The summed E-state index contributed by atoms with van der Waals surface area (Å²) < 4.78 is 22.0. The number of benzene rings is 2. The summed E-state index contributed by atoms with van der Waals surface area (Å²) in [5.41, 5.74) is 1.18. The SMILES string of the molecule is CCN(CC)Cc1cccn(-c2ccc(NC(=O)[C@H]3C[C@@H](OC)CN3C(=O)Nc3ccc(Cl)cc3)c(F)c2)c1=O. The Morgan fingerprint density at radius 1 is 1.10 bits per heavy atom. The predicted octanol–water partition coefficient (Wildman–Crippen LogP) is 4.73. The van der Waals surface area contributed by atoms with E-state index in [0.29, 0.717) is 28.5 Å². The van der Waals surface area contributed by atoms with E-state index >= 15 is 4.39 Å². The minimum Gasteiger partial charge on any atom is -0.380 e. The third-order valence-electron chi connectivity index (χ3n) is 7.06. The van der Waals surface area contributed by atoms with Gasteiger partial charge in [-0.3, -0.25) is 19.1 Å². The Bertz CT molecular complexity index is 1410. The number of likely N-dealkylation sites (tertiary alicyclic amines) is 1. The number of carbonyl (C=O) groups excluding carboxylic acids is 2. The lowest BCUT2D eigenvalue weighted by Crippen LogP contribution is -2.45. The number of urea groups is 1. The summed E-state index contributed by atoms with van der Waals surface area (Å²) in [7, 11) is 1.51. The van der Waals surface area contributed by atoms with Crippen LogP contribution in [0.1, 0.15) is 25.8 Å². The van der Waals surface area contributed by atoms with Crippen LogP contribution in [-0.2, 0) is 16.1 Å². The average Bonchev–Trinajstić information content (AvgIpc) is 3.40. The average molecular weight is 570 g/mol. The lowest BCUT2D eigenvalue weighted by molar-refractivity contribution is -0.119. The highest BCUT2D eigenvalue weighted by molar-refractivity contribution is 6.30. The highest BCUT2D eigenvalue weighted by Crippen LogP contribution is 2.25. The Balaban J connectivity index is 1.50. The van der Waals surface area contributed by atoms with Crippen LogP contribution >= 0.6 is 11.6 Å². The van der Waals surface area contributed by atoms with E-state index in [1.54, 1.807) is 48.7 Å². The van der Waals surface area contributed by atoms with Crippen molar-refractivity contribution in [3.63, 3.8) is 0 Å². The molecule has 1 aliphatic rings. The zero-order valence-corrected chi connectivity index (χ0v) is 23.5. The molecule has 2 N–H and O–H groups in total. The third kappa shape index (κ3) is 6.70. The van der Waals surface area contributed by atoms with Gasteiger partial charge in [0.2, 0.25) is 5.91 Å². The van der Waals surface area contributed by atoms with E-state index in [9.17, 15) is 14.4 Å². The quantitative estimate of drug-likeness (QED) is 0.388. The molecule has 0 radical (unpaired) electrons. The second kappa shape index (κ2) is 13.1. The molecule has 3 amide bonds. The van der Waals surface area contributed by atoms with Crippen molar-refractivity contribution in [2.24, 2.45) is 0 Å². The van der Waals surface area contributed by atoms with Crippen molar-refractivity contribution in [2.45, 2.75) is 39.0 Å². The largest absolute Gasteiger partial charge is 0.380 e. The van der Waals surface area contributed by atoms with E-state index in [4.69, 9.17) is 16.3 Å². The molecule has 9 nitrogen and oxygen atoms in total. The van der Waals surface area contributed by atoms with E-state index in [-0.39, 0.29) is 30.3 Å². The molecule has 0 bridgehead atoms. The standard InChI is InChI=1S/C29H33ClFN5O4/c1-4-34(5-2)17-19-7-6-14-35(28(19)38)22-12-13-25(24(31)15-22)33-27(37)26-16-23(40-3)18-36(26)29(39)32-21-10-8-20(30)9-11-21/h6-15,23,26H,4-5,16-18H2,1-3H3,(H,32,39)(H,33,37)/t23-,26-/m1/s1. The number of pyridine rings is 1. The molecule has 0 unspecified atom stereocenters. The molecule has 2 heterocycles. The highest BCUT2D eigenvalue weighted by atomic mass is 35.5. The van der Waals surface area contributed by atoms with E-state index in [0.717, 1.165) is 13.1 Å². The van der Waals surface area contributed by atoms with Gasteiger partial charge in [0.25, 0.3) is 5.56 Å². The van der Waals surface area contributed by atoms with Crippen molar-refractivity contribution < 1.29 is 18.7 Å². The lowest BCUT2D eigenvalue weighted by atomic mass is 10.1. The number of carbonyl (C=O) groups is 2. The van der Waals surface area contributed by atoms with Crippen LogP contribution in [0.4, 0.5) is 20.6 Å². The second-order valence-electron chi connectivity index (χ2n) is 9.52. The number of halogens is 2. The van der Waals surface area contributed by atoms with Gasteiger partial charge < -0.3 is 20.3 Å². The molecule has 1 aliphatic heterocycles. The molecule has 11 heteroatoms. The first kappa shape index (κ1) is 29.3. The second-order valence-corrected chi connectivity index (χ2v) is 9.96. The van der Waals surface area contributed by atoms with Gasteiger partial charge in [0, 0.05) is 55.2 Å². The van der Waals surface area contributed by atoms with Crippen molar-refractivity contribution in [3.05, 3.63) is 87.6 Å². The van der Waals surface area contributed by atoms with Gasteiger partial charge in [-0.25, -0.2) is 9.18 Å². The summed E-state index contributed by atoms with van der Waals surface area (Å²) in [6.07, 6.45) is 1.49. The van der Waals surface area contributed by atoms with Crippen LogP contribution in [0.5, 0.6) is 0 Å². The van der Waals surface area contributed by atoms with Crippen LogP contribution in [0, 0.1) is 5.82 Å². The molecular formula is C29H33ClFN5O4. The Morgan fingerprint density at radius 3 is 2.48 bits per heavy atom. The van der Waals surface area contributed by atoms with Crippen molar-refractivity contribution in [1.82, 2.24) is 14.4 Å². The molecule has 2 aromatic carbocycles. The van der Waals surface area contributed by atoms with Gasteiger partial charge in [-0.15, -0.1) is 0 Å². The van der Waals surface area contributed by atoms with Gasteiger partial charge in [-0.1, -0.05) is 31.5 Å². The van der Waals surface area contributed by atoms with E-state index in [1.807, 2.05) is 13.8 Å².